The van der Waals surface area contributed by atoms with Gasteiger partial charge < -0.3 is 15.9 Å². The highest BCUT2D eigenvalue weighted by molar-refractivity contribution is 5.72. The van der Waals surface area contributed by atoms with Gasteiger partial charge >= 0.3 is 6.02 Å². The van der Waals surface area contributed by atoms with E-state index in [1.807, 2.05) is 0 Å². The minimum Gasteiger partial charge on any atom is -0.385 e. The maximum atomic E-state index is 14.6. The number of rotatable bonds is 5. The zero-order valence-electron chi connectivity index (χ0n) is 14.1. The normalized spacial score (nSPS) is 30.8. The van der Waals surface area contributed by atoms with Crippen molar-refractivity contribution >= 4 is 11.7 Å². The lowest BCUT2D eigenvalue weighted by molar-refractivity contribution is 0.0367. The number of benzene rings is 1. The van der Waals surface area contributed by atoms with Crippen molar-refractivity contribution in [3.8, 4) is 0 Å². The molecule has 0 radical (unpaired) electrons. The third kappa shape index (κ3) is 2.82. The Hall–Kier alpha value is -2.22. The van der Waals surface area contributed by atoms with Crippen LogP contribution in [-0.4, -0.2) is 25.0 Å². The first-order chi connectivity index (χ1) is 12.4. The third-order valence-electron chi connectivity index (χ3n) is 5.45. The molecule has 0 amide bonds. The number of halogens is 3. The van der Waals surface area contributed by atoms with Crippen LogP contribution < -0.4 is 16.5 Å². The van der Waals surface area contributed by atoms with Crippen LogP contribution in [0.3, 0.4) is 0 Å². The quantitative estimate of drug-likeness (QED) is 0.701. The first-order valence-electron chi connectivity index (χ1n) is 8.66. The summed E-state index contributed by atoms with van der Waals surface area (Å²) in [4.78, 5) is 8.88. The highest BCUT2D eigenvalue weighted by Gasteiger charge is 2.62. The van der Waals surface area contributed by atoms with E-state index in [1.165, 1.54) is 17.7 Å². The van der Waals surface area contributed by atoms with E-state index in [1.54, 1.807) is 6.07 Å². The molecule has 4 rings (SSSR count). The molecule has 0 saturated heterocycles. The first kappa shape index (κ1) is 17.2. The summed E-state index contributed by atoms with van der Waals surface area (Å²) >= 11 is 0. The number of nitrogens with zero attached hydrogens (tertiary/aromatic N) is 1. The van der Waals surface area contributed by atoms with E-state index in [0.717, 1.165) is 12.8 Å². The van der Waals surface area contributed by atoms with Crippen molar-refractivity contribution in [1.29, 1.82) is 0 Å². The number of alkyl halides is 2. The molecular weight excluding hydrogens is 345 g/mol. The Labute approximate surface area is 149 Å². The zero-order valence-corrected chi connectivity index (χ0v) is 14.1. The number of nitrogens with one attached hydrogen (secondary N) is 2. The Morgan fingerprint density at radius 1 is 1.42 bits per heavy atom. The molecule has 1 aliphatic heterocycles. The molecule has 8 heteroatoms. The van der Waals surface area contributed by atoms with Gasteiger partial charge in [-0.2, -0.15) is 0 Å². The summed E-state index contributed by atoms with van der Waals surface area (Å²) in [5.74, 6) is -0.836. The second-order valence-corrected chi connectivity index (χ2v) is 7.34. The van der Waals surface area contributed by atoms with E-state index in [9.17, 15) is 13.2 Å². The van der Waals surface area contributed by atoms with Gasteiger partial charge in [-0.05, 0) is 43.4 Å². The minimum atomic E-state index is -2.92. The molecule has 2 saturated carbocycles. The highest BCUT2D eigenvalue weighted by atomic mass is 19.3. The maximum Gasteiger partial charge on any atom is 0.303 e. The van der Waals surface area contributed by atoms with Gasteiger partial charge in [0.2, 0.25) is 0 Å². The van der Waals surface area contributed by atoms with Crippen molar-refractivity contribution in [2.24, 2.45) is 22.6 Å². The molecule has 3 atom stereocenters. The van der Waals surface area contributed by atoms with Crippen LogP contribution in [0.4, 0.5) is 18.9 Å². The molecule has 140 valence electrons. The van der Waals surface area contributed by atoms with E-state index in [4.69, 9.17) is 10.6 Å². The Bertz CT molecular complexity index is 761. The summed E-state index contributed by atoms with van der Waals surface area (Å²) in [5.41, 5.74) is 7.78. The lowest BCUT2D eigenvalue weighted by Crippen LogP contribution is -2.38. The van der Waals surface area contributed by atoms with Gasteiger partial charge in [0.15, 0.2) is 5.54 Å². The van der Waals surface area contributed by atoms with Gasteiger partial charge in [-0.3, -0.25) is 0 Å². The predicted molar refractivity (Wildman–Crippen MR) is 92.2 cm³/mol. The van der Waals surface area contributed by atoms with Crippen molar-refractivity contribution in [3.05, 3.63) is 41.7 Å². The van der Waals surface area contributed by atoms with Gasteiger partial charge in [0.1, 0.15) is 5.82 Å². The van der Waals surface area contributed by atoms with Crippen LogP contribution in [0, 0.1) is 17.7 Å². The number of hydrogen-bond donors (Lipinski definition) is 3. The van der Waals surface area contributed by atoms with Crippen molar-refractivity contribution < 1.29 is 18.0 Å². The number of aliphatic imine (C=N–C) groups is 1. The fourth-order valence-electron chi connectivity index (χ4n) is 3.93. The molecule has 26 heavy (non-hydrogen) atoms. The third-order valence-corrected chi connectivity index (χ3v) is 5.45. The minimum absolute atomic E-state index is 0.154. The van der Waals surface area contributed by atoms with E-state index in [2.05, 4.69) is 22.4 Å². The average Bonchev–Trinajstić information content (AvgIpc) is 3.35. The fourth-order valence-corrected chi connectivity index (χ4v) is 3.93. The Balaban J connectivity index is 1.66. The number of fused-ring (bicyclic) bond motifs is 1. The number of amidine groups is 1. The summed E-state index contributed by atoms with van der Waals surface area (Å²) < 4.78 is 43.0. The summed E-state index contributed by atoms with van der Waals surface area (Å²) in [7, 11) is 0. The predicted octanol–water partition coefficient (Wildman–Crippen LogP) is 2.90. The second-order valence-electron chi connectivity index (χ2n) is 7.34. The number of hydroxylamine groups is 1. The van der Waals surface area contributed by atoms with Crippen molar-refractivity contribution in [3.63, 3.8) is 0 Å². The van der Waals surface area contributed by atoms with Crippen LogP contribution in [0.15, 0.2) is 35.3 Å². The van der Waals surface area contributed by atoms with Gasteiger partial charge in [-0.1, -0.05) is 12.2 Å². The van der Waals surface area contributed by atoms with Crippen LogP contribution in [0.2, 0.25) is 0 Å². The van der Waals surface area contributed by atoms with Gasteiger partial charge in [0.05, 0.1) is 0 Å². The summed E-state index contributed by atoms with van der Waals surface area (Å²) in [6.45, 7) is 4.59. The van der Waals surface area contributed by atoms with E-state index in [-0.39, 0.29) is 11.6 Å². The standard InChI is InChI=1S/C18H21F3N4O/c1-9-4-10(5-9)8-23-11-2-3-14(19)12(6-11)18(16(20)21)13-7-15(13)25-26-17(22)24-18/h2-3,6,10,13,15-16,23,25H,1,4-5,7-8H2,(H2,22,24)/t13-,15+,18+/m0/s1. The monoisotopic (exact) mass is 366 g/mol. The number of hydrogen-bond acceptors (Lipinski definition) is 5. The van der Waals surface area contributed by atoms with Gasteiger partial charge in [0.25, 0.3) is 6.43 Å². The smallest absolute Gasteiger partial charge is 0.303 e. The molecule has 1 heterocycles. The molecule has 5 nitrogen and oxygen atoms in total. The maximum absolute atomic E-state index is 14.6. The molecule has 1 aromatic rings. The molecule has 3 aliphatic rings. The lowest BCUT2D eigenvalue weighted by atomic mass is 9.81. The van der Waals surface area contributed by atoms with Crippen molar-refractivity contribution in [1.82, 2.24) is 5.48 Å². The van der Waals surface area contributed by atoms with Gasteiger partial charge in [0, 0.05) is 29.8 Å². The van der Waals surface area contributed by atoms with Crippen LogP contribution in [0.5, 0.6) is 0 Å². The molecule has 4 N–H and O–H groups in total. The molecule has 0 unspecified atom stereocenters. The molecule has 0 aromatic heterocycles. The number of anilines is 1. The summed E-state index contributed by atoms with van der Waals surface area (Å²) in [6, 6.07) is 3.43. The SMILES string of the molecule is C=C1CC(CNc2ccc(F)c([C@@]3(C(F)F)N=C(N)ON[C@@H]4C[C@@H]43)c2)C1. The van der Waals surface area contributed by atoms with Crippen LogP contribution in [-0.2, 0) is 10.4 Å². The Morgan fingerprint density at radius 3 is 2.88 bits per heavy atom. The topological polar surface area (TPSA) is 71.7 Å². The second kappa shape index (κ2) is 6.19. The molecule has 1 aromatic carbocycles. The van der Waals surface area contributed by atoms with Crippen molar-refractivity contribution in [2.45, 2.75) is 37.3 Å². The summed E-state index contributed by atoms with van der Waals surface area (Å²) in [5, 5.41) is 3.21. The molecular formula is C18H21F3N4O. The Kier molecular flexibility index (Phi) is 4.10. The largest absolute Gasteiger partial charge is 0.385 e. The number of allylic oxidation sites excluding steroid dienone is 1. The Morgan fingerprint density at radius 2 is 2.19 bits per heavy atom. The molecule has 2 fully saturated rings. The fraction of sp³-hybridized carbons (Fsp3) is 0.500. The molecule has 0 spiro atoms. The van der Waals surface area contributed by atoms with Crippen LogP contribution in [0.1, 0.15) is 24.8 Å². The molecule has 0 bridgehead atoms. The molecule has 2 aliphatic carbocycles. The zero-order chi connectivity index (χ0) is 18.5. The summed E-state index contributed by atoms with van der Waals surface area (Å²) in [6.07, 6.45) is -0.590. The van der Waals surface area contributed by atoms with Crippen molar-refractivity contribution in [2.75, 3.05) is 11.9 Å². The first-order valence-corrected chi connectivity index (χ1v) is 8.66. The van der Waals surface area contributed by atoms with E-state index >= 15 is 0 Å². The van der Waals surface area contributed by atoms with Crippen LogP contribution in [0.25, 0.3) is 0 Å². The van der Waals surface area contributed by atoms with E-state index in [0.29, 0.717) is 24.6 Å². The highest BCUT2D eigenvalue weighted by Crippen LogP contribution is 2.54. The van der Waals surface area contributed by atoms with Crippen LogP contribution >= 0.6 is 0 Å². The number of nitrogens with two attached hydrogens (primary N) is 1. The van der Waals surface area contributed by atoms with E-state index < -0.39 is 29.7 Å². The average molecular weight is 366 g/mol. The van der Waals surface area contributed by atoms with Gasteiger partial charge in [-0.25, -0.2) is 18.2 Å². The lowest BCUT2D eigenvalue weighted by Gasteiger charge is -2.31. The van der Waals surface area contributed by atoms with Gasteiger partial charge in [-0.15, -0.1) is 5.48 Å².